The molecule has 1 amide bonds. The second-order valence-electron chi connectivity index (χ2n) is 4.98. The van der Waals surface area contributed by atoms with Crippen LogP contribution >= 0.6 is 0 Å². The van der Waals surface area contributed by atoms with Crippen LogP contribution in [0.3, 0.4) is 0 Å². The van der Waals surface area contributed by atoms with Gasteiger partial charge in [0.25, 0.3) is 5.91 Å². The highest BCUT2D eigenvalue weighted by atomic mass is 19.1. The molecule has 1 aromatic carbocycles. The fourth-order valence-corrected chi connectivity index (χ4v) is 2.15. The summed E-state index contributed by atoms with van der Waals surface area (Å²) in [7, 11) is 1.62. The molecule has 22 heavy (non-hydrogen) atoms. The molecule has 0 fully saturated rings. The third-order valence-corrected chi connectivity index (χ3v) is 3.12. The SMILES string of the molecule is Cc1cc(C(=O)N(CC(=O)O)Cc2ccc(F)cc2)n(C)n1. The summed E-state index contributed by atoms with van der Waals surface area (Å²) in [6.07, 6.45) is 0. The Hall–Kier alpha value is -2.70. The maximum Gasteiger partial charge on any atom is 0.323 e. The second kappa shape index (κ2) is 6.38. The van der Waals surface area contributed by atoms with Gasteiger partial charge in [-0.2, -0.15) is 5.10 Å². The van der Waals surface area contributed by atoms with Crippen molar-refractivity contribution >= 4 is 11.9 Å². The number of rotatable bonds is 5. The Kier molecular flexibility index (Phi) is 4.55. The molecule has 1 aromatic heterocycles. The normalized spacial score (nSPS) is 10.5. The lowest BCUT2D eigenvalue weighted by Gasteiger charge is -2.20. The number of hydrogen-bond acceptors (Lipinski definition) is 3. The van der Waals surface area contributed by atoms with Gasteiger partial charge in [0.2, 0.25) is 0 Å². The molecule has 0 saturated carbocycles. The molecule has 6 nitrogen and oxygen atoms in total. The lowest BCUT2D eigenvalue weighted by Crippen LogP contribution is -2.36. The summed E-state index contributed by atoms with van der Waals surface area (Å²) in [5.74, 6) is -1.94. The van der Waals surface area contributed by atoms with E-state index in [9.17, 15) is 14.0 Å². The minimum Gasteiger partial charge on any atom is -0.480 e. The molecular weight excluding hydrogens is 289 g/mol. The maximum atomic E-state index is 12.9. The molecule has 0 radical (unpaired) electrons. The number of halogens is 1. The number of benzene rings is 1. The number of amides is 1. The summed E-state index contributed by atoms with van der Waals surface area (Å²) < 4.78 is 14.3. The van der Waals surface area contributed by atoms with Crippen LogP contribution in [-0.4, -0.2) is 38.2 Å². The molecule has 0 atom stereocenters. The van der Waals surface area contributed by atoms with Crippen LogP contribution in [0.15, 0.2) is 30.3 Å². The quantitative estimate of drug-likeness (QED) is 0.910. The Labute approximate surface area is 126 Å². The molecule has 1 N–H and O–H groups in total. The molecule has 2 aromatic rings. The van der Waals surface area contributed by atoms with Crippen LogP contribution in [0, 0.1) is 12.7 Å². The van der Waals surface area contributed by atoms with Crippen molar-refractivity contribution in [2.24, 2.45) is 7.05 Å². The van der Waals surface area contributed by atoms with E-state index in [0.717, 1.165) is 0 Å². The van der Waals surface area contributed by atoms with Gasteiger partial charge in [0.15, 0.2) is 0 Å². The first kappa shape index (κ1) is 15.7. The fraction of sp³-hybridized carbons (Fsp3) is 0.267. The van der Waals surface area contributed by atoms with E-state index in [-0.39, 0.29) is 12.4 Å². The average Bonchev–Trinajstić information content (AvgIpc) is 2.78. The van der Waals surface area contributed by atoms with Crippen molar-refractivity contribution in [3.63, 3.8) is 0 Å². The van der Waals surface area contributed by atoms with E-state index in [1.165, 1.54) is 33.8 Å². The molecule has 2 rings (SSSR count). The monoisotopic (exact) mass is 305 g/mol. The molecule has 0 bridgehead atoms. The first-order chi connectivity index (χ1) is 10.4. The number of aromatic nitrogens is 2. The van der Waals surface area contributed by atoms with Crippen LogP contribution < -0.4 is 0 Å². The van der Waals surface area contributed by atoms with Crippen molar-refractivity contribution in [3.05, 3.63) is 53.1 Å². The first-order valence-corrected chi connectivity index (χ1v) is 6.63. The molecule has 0 saturated heterocycles. The maximum absolute atomic E-state index is 12.9. The minimum atomic E-state index is -1.12. The Morgan fingerprint density at radius 3 is 2.45 bits per heavy atom. The highest BCUT2D eigenvalue weighted by molar-refractivity contribution is 5.94. The lowest BCUT2D eigenvalue weighted by atomic mass is 10.2. The number of carboxylic acids is 1. The summed E-state index contributed by atoms with van der Waals surface area (Å²) in [5.41, 5.74) is 1.62. The van der Waals surface area contributed by atoms with Gasteiger partial charge in [0.05, 0.1) is 5.69 Å². The Morgan fingerprint density at radius 2 is 1.95 bits per heavy atom. The molecule has 116 valence electrons. The molecule has 0 aliphatic rings. The summed E-state index contributed by atoms with van der Waals surface area (Å²) >= 11 is 0. The van der Waals surface area contributed by atoms with Gasteiger partial charge in [-0.05, 0) is 30.7 Å². The number of aliphatic carboxylic acids is 1. The molecule has 0 aliphatic heterocycles. The van der Waals surface area contributed by atoms with Gasteiger partial charge < -0.3 is 10.0 Å². The number of aryl methyl sites for hydroxylation is 2. The van der Waals surface area contributed by atoms with E-state index in [1.54, 1.807) is 20.0 Å². The average molecular weight is 305 g/mol. The van der Waals surface area contributed by atoms with Gasteiger partial charge in [-0.15, -0.1) is 0 Å². The number of carboxylic acid groups (broad SMARTS) is 1. The molecule has 0 spiro atoms. The second-order valence-corrected chi connectivity index (χ2v) is 4.98. The zero-order valence-corrected chi connectivity index (χ0v) is 12.3. The van der Waals surface area contributed by atoms with E-state index in [0.29, 0.717) is 17.0 Å². The lowest BCUT2D eigenvalue weighted by molar-refractivity contribution is -0.137. The van der Waals surface area contributed by atoms with E-state index in [2.05, 4.69) is 5.10 Å². The van der Waals surface area contributed by atoms with E-state index in [1.807, 2.05) is 0 Å². The molecular formula is C15H16FN3O3. The van der Waals surface area contributed by atoms with Crippen LogP contribution in [0.4, 0.5) is 4.39 Å². The third kappa shape index (κ3) is 3.69. The number of carbonyl (C=O) groups is 2. The third-order valence-electron chi connectivity index (χ3n) is 3.12. The van der Waals surface area contributed by atoms with Crippen molar-refractivity contribution in [3.8, 4) is 0 Å². The van der Waals surface area contributed by atoms with Crippen molar-refractivity contribution < 1.29 is 19.1 Å². The van der Waals surface area contributed by atoms with Crippen LogP contribution in [-0.2, 0) is 18.4 Å². The van der Waals surface area contributed by atoms with E-state index in [4.69, 9.17) is 5.11 Å². The van der Waals surface area contributed by atoms with Crippen molar-refractivity contribution in [2.45, 2.75) is 13.5 Å². The summed E-state index contributed by atoms with van der Waals surface area (Å²) in [5, 5.41) is 13.1. The van der Waals surface area contributed by atoms with Gasteiger partial charge in [0.1, 0.15) is 18.1 Å². The highest BCUT2D eigenvalue weighted by Crippen LogP contribution is 2.12. The standard InChI is InChI=1S/C15H16FN3O3/c1-10-7-13(18(2)17-10)15(22)19(9-14(20)21)8-11-3-5-12(16)6-4-11/h3-7H,8-9H2,1-2H3,(H,20,21). The number of nitrogens with zero attached hydrogens (tertiary/aromatic N) is 3. The first-order valence-electron chi connectivity index (χ1n) is 6.63. The zero-order chi connectivity index (χ0) is 16.3. The number of hydrogen-bond donors (Lipinski definition) is 1. The Balaban J connectivity index is 2.25. The van der Waals surface area contributed by atoms with Crippen LogP contribution in [0.2, 0.25) is 0 Å². The van der Waals surface area contributed by atoms with Gasteiger partial charge in [-0.3, -0.25) is 14.3 Å². The Morgan fingerprint density at radius 1 is 1.32 bits per heavy atom. The topological polar surface area (TPSA) is 75.4 Å². The van der Waals surface area contributed by atoms with Crippen molar-refractivity contribution in [2.75, 3.05) is 6.54 Å². The molecule has 1 heterocycles. The van der Waals surface area contributed by atoms with Crippen LogP contribution in [0.1, 0.15) is 21.7 Å². The highest BCUT2D eigenvalue weighted by Gasteiger charge is 2.22. The fourth-order valence-electron chi connectivity index (χ4n) is 2.15. The van der Waals surface area contributed by atoms with Gasteiger partial charge in [-0.1, -0.05) is 12.1 Å². The molecule has 7 heteroatoms. The Bertz CT molecular complexity index is 695. The van der Waals surface area contributed by atoms with Gasteiger partial charge in [-0.25, -0.2) is 4.39 Å². The summed E-state index contributed by atoms with van der Waals surface area (Å²) in [6.45, 7) is 1.38. The summed E-state index contributed by atoms with van der Waals surface area (Å²) in [4.78, 5) is 24.7. The van der Waals surface area contributed by atoms with E-state index >= 15 is 0 Å². The zero-order valence-electron chi connectivity index (χ0n) is 12.3. The minimum absolute atomic E-state index is 0.0790. The summed E-state index contributed by atoms with van der Waals surface area (Å²) in [6, 6.07) is 7.18. The molecule has 0 unspecified atom stereocenters. The van der Waals surface area contributed by atoms with Crippen molar-refractivity contribution in [1.82, 2.24) is 14.7 Å². The van der Waals surface area contributed by atoms with Gasteiger partial charge >= 0.3 is 5.97 Å². The predicted molar refractivity (Wildman–Crippen MR) is 76.7 cm³/mol. The van der Waals surface area contributed by atoms with Crippen LogP contribution in [0.25, 0.3) is 0 Å². The number of carbonyl (C=O) groups excluding carboxylic acids is 1. The van der Waals surface area contributed by atoms with E-state index < -0.39 is 18.4 Å². The van der Waals surface area contributed by atoms with Crippen LogP contribution in [0.5, 0.6) is 0 Å². The van der Waals surface area contributed by atoms with Gasteiger partial charge in [0, 0.05) is 13.6 Å². The predicted octanol–water partition coefficient (Wildman–Crippen LogP) is 1.59. The largest absolute Gasteiger partial charge is 0.480 e. The van der Waals surface area contributed by atoms with Crippen molar-refractivity contribution in [1.29, 1.82) is 0 Å². The molecule has 0 aliphatic carbocycles. The smallest absolute Gasteiger partial charge is 0.323 e.